The summed E-state index contributed by atoms with van der Waals surface area (Å²) in [5, 5.41) is 5.41. The van der Waals surface area contributed by atoms with Crippen molar-refractivity contribution in [1.82, 2.24) is 9.88 Å². The van der Waals surface area contributed by atoms with E-state index in [0.29, 0.717) is 12.5 Å². The predicted molar refractivity (Wildman–Crippen MR) is 117 cm³/mol. The molecule has 0 unspecified atom stereocenters. The number of fused-ring (bicyclic) bond motifs is 2. The molecule has 150 valence electrons. The molecular formula is C23H24ClFN4. The van der Waals surface area contributed by atoms with Crippen LogP contribution in [-0.4, -0.2) is 35.4 Å². The number of aromatic nitrogens is 1. The van der Waals surface area contributed by atoms with Gasteiger partial charge in [0.25, 0.3) is 0 Å². The number of benzene rings is 2. The predicted octanol–water partition coefficient (Wildman–Crippen LogP) is 5.24. The van der Waals surface area contributed by atoms with Crippen LogP contribution in [0.5, 0.6) is 0 Å². The van der Waals surface area contributed by atoms with Crippen molar-refractivity contribution >= 4 is 34.0 Å². The van der Waals surface area contributed by atoms with Crippen LogP contribution < -0.4 is 5.32 Å². The second-order valence-corrected chi connectivity index (χ2v) is 8.43. The van der Waals surface area contributed by atoms with Crippen molar-refractivity contribution in [3.05, 3.63) is 64.6 Å². The van der Waals surface area contributed by atoms with Gasteiger partial charge in [0.05, 0.1) is 6.54 Å². The zero-order valence-electron chi connectivity index (χ0n) is 16.2. The summed E-state index contributed by atoms with van der Waals surface area (Å²) in [6, 6.07) is 10.9. The number of likely N-dealkylation sites (tertiary alicyclic amines) is 1. The fourth-order valence-corrected chi connectivity index (χ4v) is 4.66. The molecule has 3 heterocycles. The van der Waals surface area contributed by atoms with Gasteiger partial charge < -0.3 is 15.2 Å². The van der Waals surface area contributed by atoms with Crippen molar-refractivity contribution in [2.75, 3.05) is 25.0 Å². The smallest absolute Gasteiger partial charge is 0.125 e. The molecule has 5 rings (SSSR count). The van der Waals surface area contributed by atoms with Gasteiger partial charge in [0, 0.05) is 40.3 Å². The first kappa shape index (κ1) is 18.6. The molecule has 0 saturated carbocycles. The minimum absolute atomic E-state index is 0.196. The molecule has 1 fully saturated rings. The normalized spacial score (nSPS) is 17.8. The molecule has 0 radical (unpaired) electrons. The Labute approximate surface area is 174 Å². The Bertz CT molecular complexity index is 1070. The lowest BCUT2D eigenvalue weighted by Gasteiger charge is -2.34. The first-order valence-corrected chi connectivity index (χ1v) is 10.6. The molecule has 3 aromatic rings. The van der Waals surface area contributed by atoms with E-state index in [9.17, 15) is 4.39 Å². The second kappa shape index (κ2) is 7.81. The Kier molecular flexibility index (Phi) is 5.02. The number of hydrogen-bond acceptors (Lipinski definition) is 3. The van der Waals surface area contributed by atoms with Gasteiger partial charge in [0.2, 0.25) is 0 Å². The summed E-state index contributed by atoms with van der Waals surface area (Å²) in [5.41, 5.74) is 4.44. The number of nitrogens with zero attached hydrogens (tertiary/aromatic N) is 2. The molecule has 4 nitrogen and oxygen atoms in total. The average molecular weight is 411 g/mol. The van der Waals surface area contributed by atoms with E-state index in [1.54, 1.807) is 6.07 Å². The molecule has 2 aliphatic heterocycles. The van der Waals surface area contributed by atoms with Gasteiger partial charge in [-0.25, -0.2) is 4.39 Å². The van der Waals surface area contributed by atoms with Crippen LogP contribution >= 0.6 is 11.6 Å². The third kappa shape index (κ3) is 3.89. The van der Waals surface area contributed by atoms with Gasteiger partial charge in [-0.05, 0) is 79.9 Å². The van der Waals surface area contributed by atoms with Gasteiger partial charge >= 0.3 is 0 Å². The van der Waals surface area contributed by atoms with E-state index in [4.69, 9.17) is 16.6 Å². The van der Waals surface area contributed by atoms with Crippen LogP contribution in [0, 0.1) is 11.7 Å². The van der Waals surface area contributed by atoms with Crippen LogP contribution in [0.2, 0.25) is 5.02 Å². The van der Waals surface area contributed by atoms with Gasteiger partial charge in [0.15, 0.2) is 0 Å². The third-order valence-electron chi connectivity index (χ3n) is 6.15. The van der Waals surface area contributed by atoms with Gasteiger partial charge in [-0.2, -0.15) is 0 Å². The molecule has 0 bridgehead atoms. The van der Waals surface area contributed by atoms with Crippen LogP contribution in [0.25, 0.3) is 10.9 Å². The van der Waals surface area contributed by atoms with Crippen molar-refractivity contribution in [2.45, 2.75) is 25.8 Å². The summed E-state index contributed by atoms with van der Waals surface area (Å²) in [5.74, 6) is 1.42. The van der Waals surface area contributed by atoms with Crippen LogP contribution in [0.4, 0.5) is 10.1 Å². The standard InChI is InChI=1S/C23H24ClFN4/c24-18-1-4-21-17(11-18)14-27-23(28-21)15-5-8-29(9-6-15)10-7-16-13-26-22-12-19(25)2-3-20(16)22/h1-4,11-13,15,26H,5-10,14H2,(H,27,28). The first-order valence-electron chi connectivity index (χ1n) is 10.2. The number of hydrogen-bond donors (Lipinski definition) is 2. The molecule has 6 heteroatoms. The molecule has 2 aliphatic rings. The summed E-state index contributed by atoms with van der Waals surface area (Å²) in [7, 11) is 0. The summed E-state index contributed by atoms with van der Waals surface area (Å²) < 4.78 is 13.4. The maximum Gasteiger partial charge on any atom is 0.125 e. The number of piperidine rings is 1. The quantitative estimate of drug-likeness (QED) is 0.617. The van der Waals surface area contributed by atoms with E-state index >= 15 is 0 Å². The number of anilines is 1. The molecule has 0 amide bonds. The summed E-state index contributed by atoms with van der Waals surface area (Å²) in [6.07, 6.45) is 5.23. The first-order chi connectivity index (χ1) is 14.2. The number of rotatable bonds is 4. The lowest BCUT2D eigenvalue weighted by Crippen LogP contribution is -2.39. The van der Waals surface area contributed by atoms with E-state index in [1.807, 2.05) is 24.4 Å². The maximum atomic E-state index is 13.4. The zero-order chi connectivity index (χ0) is 19.8. The topological polar surface area (TPSA) is 43.4 Å². The Morgan fingerprint density at radius 1 is 1.14 bits per heavy atom. The Hall–Kier alpha value is -2.37. The van der Waals surface area contributed by atoms with Crippen molar-refractivity contribution in [3.8, 4) is 0 Å². The molecule has 1 aromatic heterocycles. The summed E-state index contributed by atoms with van der Waals surface area (Å²) >= 11 is 6.08. The SMILES string of the molecule is Fc1ccc2c(CCN3CCC(C4=NCc5cc(Cl)ccc5N4)CC3)c[nH]c2c1. The minimum atomic E-state index is -0.196. The zero-order valence-corrected chi connectivity index (χ0v) is 17.0. The maximum absolute atomic E-state index is 13.4. The highest BCUT2D eigenvalue weighted by Gasteiger charge is 2.25. The van der Waals surface area contributed by atoms with Gasteiger partial charge in [-0.1, -0.05) is 11.6 Å². The number of aliphatic imine (C=N–C) groups is 1. The molecule has 0 atom stereocenters. The van der Waals surface area contributed by atoms with Crippen LogP contribution in [0.1, 0.15) is 24.0 Å². The number of aromatic amines is 1. The molecule has 2 N–H and O–H groups in total. The van der Waals surface area contributed by atoms with Crippen molar-refractivity contribution in [1.29, 1.82) is 0 Å². The molecule has 29 heavy (non-hydrogen) atoms. The largest absolute Gasteiger partial charge is 0.361 e. The Balaban J connectivity index is 1.16. The van der Waals surface area contributed by atoms with E-state index in [-0.39, 0.29) is 5.82 Å². The fourth-order valence-electron chi connectivity index (χ4n) is 4.47. The Morgan fingerprint density at radius 3 is 2.86 bits per heavy atom. The lowest BCUT2D eigenvalue weighted by molar-refractivity contribution is 0.211. The number of H-pyrrole nitrogens is 1. The average Bonchev–Trinajstić information content (AvgIpc) is 3.14. The van der Waals surface area contributed by atoms with E-state index in [1.165, 1.54) is 11.6 Å². The Morgan fingerprint density at radius 2 is 2.00 bits per heavy atom. The highest BCUT2D eigenvalue weighted by Crippen LogP contribution is 2.28. The van der Waals surface area contributed by atoms with Crippen LogP contribution in [0.3, 0.4) is 0 Å². The number of nitrogens with one attached hydrogen (secondary N) is 2. The molecule has 0 spiro atoms. The summed E-state index contributed by atoms with van der Waals surface area (Å²) in [6.45, 7) is 3.89. The number of amidine groups is 1. The summed E-state index contributed by atoms with van der Waals surface area (Å²) in [4.78, 5) is 10.5. The van der Waals surface area contributed by atoms with Crippen molar-refractivity contribution < 1.29 is 4.39 Å². The van der Waals surface area contributed by atoms with Gasteiger partial charge in [0.1, 0.15) is 11.7 Å². The fraction of sp³-hybridized carbons (Fsp3) is 0.348. The monoisotopic (exact) mass is 410 g/mol. The molecule has 0 aliphatic carbocycles. The van der Waals surface area contributed by atoms with Crippen LogP contribution in [-0.2, 0) is 13.0 Å². The molecule has 1 saturated heterocycles. The van der Waals surface area contributed by atoms with Gasteiger partial charge in [-0.3, -0.25) is 4.99 Å². The number of halogens is 2. The van der Waals surface area contributed by atoms with E-state index in [0.717, 1.165) is 71.9 Å². The third-order valence-corrected chi connectivity index (χ3v) is 6.39. The molecule has 2 aromatic carbocycles. The van der Waals surface area contributed by atoms with E-state index < -0.39 is 0 Å². The van der Waals surface area contributed by atoms with E-state index in [2.05, 4.69) is 21.3 Å². The van der Waals surface area contributed by atoms with Crippen molar-refractivity contribution in [3.63, 3.8) is 0 Å². The highest BCUT2D eigenvalue weighted by molar-refractivity contribution is 6.30. The second-order valence-electron chi connectivity index (χ2n) is 8.00. The molecular weight excluding hydrogens is 387 g/mol. The lowest BCUT2D eigenvalue weighted by atomic mass is 9.94. The minimum Gasteiger partial charge on any atom is -0.361 e. The van der Waals surface area contributed by atoms with Crippen LogP contribution in [0.15, 0.2) is 47.6 Å². The van der Waals surface area contributed by atoms with Gasteiger partial charge in [-0.15, -0.1) is 0 Å². The van der Waals surface area contributed by atoms with Crippen molar-refractivity contribution in [2.24, 2.45) is 10.9 Å². The highest BCUT2D eigenvalue weighted by atomic mass is 35.5.